The molecule has 0 aliphatic rings. The topological polar surface area (TPSA) is 73.2 Å². The summed E-state index contributed by atoms with van der Waals surface area (Å²) in [6.07, 6.45) is 0.862. The summed E-state index contributed by atoms with van der Waals surface area (Å²) in [5.74, 6) is -0.583. The minimum atomic E-state index is -3.02. The second-order valence-corrected chi connectivity index (χ2v) is 9.00. The highest BCUT2D eigenvalue weighted by Gasteiger charge is 2.22. The fourth-order valence-electron chi connectivity index (χ4n) is 3.51. The van der Waals surface area contributed by atoms with Gasteiger partial charge in [-0.1, -0.05) is 55.1 Å². The lowest BCUT2D eigenvalue weighted by molar-refractivity contribution is -0.115. The maximum absolute atomic E-state index is 13.4. The number of carbonyl (C=O) groups excluding carboxylic acids is 1. The van der Waals surface area contributed by atoms with Gasteiger partial charge < -0.3 is 10.1 Å². The van der Waals surface area contributed by atoms with Crippen LogP contribution in [0.25, 0.3) is 16.6 Å². The Kier molecular flexibility index (Phi) is 7.45. The minimum absolute atomic E-state index is 0.129. The third kappa shape index (κ3) is 5.51. The molecule has 0 saturated carbocycles. The molecule has 180 valence electrons. The number of para-hydroxylation sites is 3. The zero-order valence-corrected chi connectivity index (χ0v) is 19.9. The number of alkyl halides is 2. The lowest BCUT2D eigenvalue weighted by Gasteiger charge is -2.17. The van der Waals surface area contributed by atoms with Crippen LogP contribution in [0.2, 0.25) is 0 Å². The molecule has 0 aliphatic carbocycles. The number of aryl methyl sites for hydroxylation is 1. The first kappa shape index (κ1) is 24.4. The van der Waals surface area contributed by atoms with E-state index in [4.69, 9.17) is 0 Å². The minimum Gasteiger partial charge on any atom is -0.433 e. The Hall–Kier alpha value is -3.72. The van der Waals surface area contributed by atoms with Crippen LogP contribution < -0.4 is 15.6 Å². The van der Waals surface area contributed by atoms with Crippen LogP contribution in [0.15, 0.2) is 82.7 Å². The first-order valence-electron chi connectivity index (χ1n) is 11.0. The van der Waals surface area contributed by atoms with E-state index in [0.717, 1.165) is 23.7 Å². The Labute approximate surface area is 205 Å². The average molecular weight is 496 g/mol. The van der Waals surface area contributed by atoms with E-state index in [9.17, 15) is 18.4 Å². The van der Waals surface area contributed by atoms with Crippen LogP contribution in [0, 0.1) is 0 Å². The number of rotatable bonds is 8. The molecule has 1 heterocycles. The molecule has 0 aliphatic heterocycles. The lowest BCUT2D eigenvalue weighted by Crippen LogP contribution is -2.26. The second kappa shape index (κ2) is 10.7. The molecule has 1 unspecified atom stereocenters. The summed E-state index contributed by atoms with van der Waals surface area (Å²) in [6.45, 7) is 0.683. The fraction of sp³-hybridized carbons (Fsp3) is 0.192. The summed E-state index contributed by atoms with van der Waals surface area (Å²) < 4.78 is 31.4. The number of nitrogens with one attached hydrogen (secondary N) is 1. The number of fused-ring (bicyclic) bond motifs is 1. The first-order chi connectivity index (χ1) is 16.9. The number of nitrogens with zero attached hydrogens (tertiary/aromatic N) is 2. The summed E-state index contributed by atoms with van der Waals surface area (Å²) in [5, 5.41) is 2.73. The Morgan fingerprint density at radius 3 is 2.46 bits per heavy atom. The van der Waals surface area contributed by atoms with Crippen molar-refractivity contribution in [3.63, 3.8) is 0 Å². The van der Waals surface area contributed by atoms with Gasteiger partial charge in [-0.2, -0.15) is 8.78 Å². The number of anilines is 1. The molecule has 1 atom stereocenters. The number of ether oxygens (including phenoxy) is 1. The second-order valence-electron chi connectivity index (χ2n) is 7.70. The van der Waals surface area contributed by atoms with Gasteiger partial charge in [0, 0.05) is 0 Å². The SMILES string of the molecule is CCc1ccc(-n2c(SC(C)C(=O)Nc3ccccc3OC(F)F)nc3ccccc3c2=O)cc1. The van der Waals surface area contributed by atoms with Gasteiger partial charge in [-0.25, -0.2) is 4.98 Å². The van der Waals surface area contributed by atoms with E-state index in [0.29, 0.717) is 21.7 Å². The largest absolute Gasteiger partial charge is 0.433 e. The zero-order chi connectivity index (χ0) is 24.9. The molecule has 0 saturated heterocycles. The molecular weight excluding hydrogens is 472 g/mol. The third-order valence-electron chi connectivity index (χ3n) is 5.36. The van der Waals surface area contributed by atoms with Gasteiger partial charge in [-0.3, -0.25) is 14.2 Å². The van der Waals surface area contributed by atoms with Crippen LogP contribution in [-0.4, -0.2) is 27.3 Å². The molecule has 4 aromatic rings. The van der Waals surface area contributed by atoms with Crippen LogP contribution in [0.3, 0.4) is 0 Å². The summed E-state index contributed by atoms with van der Waals surface area (Å²) >= 11 is 1.10. The Bertz CT molecular complexity index is 1410. The van der Waals surface area contributed by atoms with Gasteiger partial charge in [0.05, 0.1) is 27.5 Å². The van der Waals surface area contributed by atoms with E-state index >= 15 is 0 Å². The van der Waals surface area contributed by atoms with Crippen molar-refractivity contribution in [1.29, 1.82) is 0 Å². The number of benzene rings is 3. The molecule has 4 rings (SSSR count). The normalized spacial score (nSPS) is 12.0. The van der Waals surface area contributed by atoms with Crippen LogP contribution in [0.5, 0.6) is 5.75 Å². The van der Waals surface area contributed by atoms with Crippen molar-refractivity contribution in [3.05, 3.63) is 88.7 Å². The number of aromatic nitrogens is 2. The van der Waals surface area contributed by atoms with Gasteiger partial charge in [0.1, 0.15) is 5.75 Å². The van der Waals surface area contributed by atoms with Gasteiger partial charge in [0.25, 0.3) is 5.56 Å². The molecule has 9 heteroatoms. The predicted octanol–water partition coefficient (Wildman–Crippen LogP) is 5.67. The third-order valence-corrected chi connectivity index (χ3v) is 6.41. The molecule has 0 spiro atoms. The Balaban J connectivity index is 1.68. The van der Waals surface area contributed by atoms with Gasteiger partial charge >= 0.3 is 6.61 Å². The highest BCUT2D eigenvalue weighted by molar-refractivity contribution is 8.00. The molecule has 0 radical (unpaired) electrons. The molecule has 1 N–H and O–H groups in total. The number of thioether (sulfide) groups is 1. The molecule has 0 fully saturated rings. The summed E-state index contributed by atoms with van der Waals surface area (Å²) in [6, 6.07) is 20.6. The molecule has 1 aromatic heterocycles. The smallest absolute Gasteiger partial charge is 0.387 e. The zero-order valence-electron chi connectivity index (χ0n) is 19.1. The monoisotopic (exact) mass is 495 g/mol. The fourth-order valence-corrected chi connectivity index (χ4v) is 4.44. The Morgan fingerprint density at radius 1 is 1.06 bits per heavy atom. The molecule has 0 bridgehead atoms. The number of amides is 1. The summed E-state index contributed by atoms with van der Waals surface area (Å²) in [4.78, 5) is 31.0. The van der Waals surface area contributed by atoms with Gasteiger partial charge in [0.2, 0.25) is 5.91 Å². The number of halogens is 2. The average Bonchev–Trinajstić information content (AvgIpc) is 2.85. The van der Waals surface area contributed by atoms with Gasteiger partial charge in [-0.15, -0.1) is 0 Å². The highest BCUT2D eigenvalue weighted by atomic mass is 32.2. The maximum Gasteiger partial charge on any atom is 0.387 e. The van der Waals surface area contributed by atoms with Crippen molar-refractivity contribution in [2.24, 2.45) is 0 Å². The van der Waals surface area contributed by atoms with E-state index in [1.165, 1.54) is 22.8 Å². The van der Waals surface area contributed by atoms with E-state index in [1.54, 1.807) is 37.3 Å². The molecule has 1 amide bonds. The quantitative estimate of drug-likeness (QED) is 0.252. The number of hydrogen-bond donors (Lipinski definition) is 1. The van der Waals surface area contributed by atoms with Crippen LogP contribution in [-0.2, 0) is 11.2 Å². The highest BCUT2D eigenvalue weighted by Crippen LogP contribution is 2.29. The van der Waals surface area contributed by atoms with E-state index in [2.05, 4.69) is 15.0 Å². The van der Waals surface area contributed by atoms with Crippen molar-refractivity contribution in [2.45, 2.75) is 37.3 Å². The summed E-state index contributed by atoms with van der Waals surface area (Å²) in [7, 11) is 0. The summed E-state index contributed by atoms with van der Waals surface area (Å²) in [5.41, 5.74) is 2.16. The van der Waals surface area contributed by atoms with Gasteiger partial charge in [0.15, 0.2) is 5.16 Å². The van der Waals surface area contributed by atoms with E-state index in [-0.39, 0.29) is 17.0 Å². The van der Waals surface area contributed by atoms with E-state index in [1.807, 2.05) is 31.2 Å². The van der Waals surface area contributed by atoms with Crippen molar-refractivity contribution >= 4 is 34.3 Å². The van der Waals surface area contributed by atoms with Crippen LogP contribution >= 0.6 is 11.8 Å². The van der Waals surface area contributed by atoms with Crippen molar-refractivity contribution in [2.75, 3.05) is 5.32 Å². The molecule has 35 heavy (non-hydrogen) atoms. The molecule has 6 nitrogen and oxygen atoms in total. The van der Waals surface area contributed by atoms with Crippen molar-refractivity contribution < 1.29 is 18.3 Å². The van der Waals surface area contributed by atoms with Crippen molar-refractivity contribution in [1.82, 2.24) is 9.55 Å². The van der Waals surface area contributed by atoms with Crippen molar-refractivity contribution in [3.8, 4) is 11.4 Å². The van der Waals surface area contributed by atoms with E-state index < -0.39 is 17.8 Å². The van der Waals surface area contributed by atoms with Gasteiger partial charge in [-0.05, 0) is 55.3 Å². The molecular formula is C26H23F2N3O3S. The molecule has 3 aromatic carbocycles. The number of hydrogen-bond acceptors (Lipinski definition) is 5. The van der Waals surface area contributed by atoms with Crippen LogP contribution in [0.1, 0.15) is 19.4 Å². The first-order valence-corrected chi connectivity index (χ1v) is 11.9. The Morgan fingerprint density at radius 2 is 1.74 bits per heavy atom. The van der Waals surface area contributed by atoms with Crippen LogP contribution in [0.4, 0.5) is 14.5 Å². The maximum atomic E-state index is 13.4. The standard InChI is InChI=1S/C26H23F2N3O3S/c1-3-17-12-14-18(15-13-17)31-24(33)19-8-4-5-9-20(19)30-26(31)35-16(2)23(32)29-21-10-6-7-11-22(21)34-25(27)28/h4-16,25H,3H2,1-2H3,(H,29,32). The number of carbonyl (C=O) groups is 1. The lowest BCUT2D eigenvalue weighted by atomic mass is 10.1. The predicted molar refractivity (Wildman–Crippen MR) is 134 cm³/mol.